The minimum Gasteiger partial charge on any atom is -0.385 e. The molecule has 146 valence electrons. The summed E-state index contributed by atoms with van der Waals surface area (Å²) in [4.78, 5) is 13.5. The number of β-amino-alcohol motifs (C(OH)–C–C–N with tert-alkyl or cyclic N) is 1. The van der Waals surface area contributed by atoms with Gasteiger partial charge in [-0.3, -0.25) is 4.79 Å². The van der Waals surface area contributed by atoms with Crippen LogP contribution in [0.3, 0.4) is 0 Å². The first kappa shape index (κ1) is 17.7. The Morgan fingerprint density at radius 1 is 1.15 bits per heavy atom. The van der Waals surface area contributed by atoms with E-state index in [0.717, 1.165) is 25.7 Å². The molecule has 0 radical (unpaired) electrons. The van der Waals surface area contributed by atoms with Crippen molar-refractivity contribution in [2.24, 2.45) is 16.7 Å². The summed E-state index contributed by atoms with van der Waals surface area (Å²) in [6.07, 6.45) is 7.91. The number of benzene rings is 1. The summed E-state index contributed by atoms with van der Waals surface area (Å²) in [7, 11) is 0. The lowest BCUT2D eigenvalue weighted by Gasteiger charge is -2.64. The number of fused-ring (bicyclic) bond motifs is 2. The topological polar surface area (TPSA) is 61.4 Å². The van der Waals surface area contributed by atoms with Crippen LogP contribution in [-0.4, -0.2) is 36.2 Å². The van der Waals surface area contributed by atoms with Gasteiger partial charge in [0.05, 0.1) is 5.41 Å². The molecule has 0 aromatic heterocycles. The SMILES string of the molecule is CC12CCC3CCC(C(=O)NCC4(O)CNC4)(C1)CC3(c1ccccc1)C2. The molecule has 1 heterocycles. The second kappa shape index (κ2) is 5.81. The second-order valence-electron chi connectivity index (χ2n) is 10.4. The highest BCUT2D eigenvalue weighted by atomic mass is 16.3. The third-order valence-corrected chi connectivity index (χ3v) is 8.33. The summed E-state index contributed by atoms with van der Waals surface area (Å²) in [6, 6.07) is 11.0. The number of amides is 1. The number of carbonyl (C=O) groups is 1. The van der Waals surface area contributed by atoms with E-state index < -0.39 is 5.60 Å². The lowest BCUT2D eigenvalue weighted by molar-refractivity contribution is -0.155. The van der Waals surface area contributed by atoms with Gasteiger partial charge in [0.15, 0.2) is 0 Å². The van der Waals surface area contributed by atoms with Gasteiger partial charge < -0.3 is 15.7 Å². The Bertz CT molecular complexity index is 746. The van der Waals surface area contributed by atoms with Crippen molar-refractivity contribution in [3.8, 4) is 0 Å². The molecule has 4 unspecified atom stereocenters. The molecule has 1 saturated heterocycles. The van der Waals surface area contributed by atoms with E-state index >= 15 is 0 Å². The highest BCUT2D eigenvalue weighted by molar-refractivity contribution is 5.83. The normalized spacial score (nSPS) is 41.6. The molecule has 1 aromatic carbocycles. The first-order chi connectivity index (χ1) is 12.9. The molecule has 3 saturated carbocycles. The van der Waals surface area contributed by atoms with Crippen LogP contribution in [0.1, 0.15) is 57.4 Å². The molecule has 3 bridgehead atoms. The minimum atomic E-state index is -0.755. The Balaban J connectivity index is 1.47. The summed E-state index contributed by atoms with van der Waals surface area (Å²) in [5, 5.41) is 16.6. The summed E-state index contributed by atoms with van der Waals surface area (Å²) in [5.41, 5.74) is 0.816. The Morgan fingerprint density at radius 3 is 2.59 bits per heavy atom. The smallest absolute Gasteiger partial charge is 0.226 e. The predicted molar refractivity (Wildman–Crippen MR) is 105 cm³/mol. The minimum absolute atomic E-state index is 0.150. The maximum Gasteiger partial charge on any atom is 0.226 e. The van der Waals surface area contributed by atoms with Gasteiger partial charge in [-0.1, -0.05) is 37.3 Å². The maximum absolute atomic E-state index is 13.5. The van der Waals surface area contributed by atoms with Gasteiger partial charge in [-0.25, -0.2) is 0 Å². The van der Waals surface area contributed by atoms with E-state index in [1.54, 1.807) is 0 Å². The molecule has 0 spiro atoms. The largest absolute Gasteiger partial charge is 0.385 e. The molecule has 27 heavy (non-hydrogen) atoms. The van der Waals surface area contributed by atoms with Crippen LogP contribution in [0.15, 0.2) is 30.3 Å². The number of hydrogen-bond acceptors (Lipinski definition) is 3. The maximum atomic E-state index is 13.5. The number of hydrogen-bond donors (Lipinski definition) is 3. The lowest BCUT2D eigenvalue weighted by atomic mass is 9.39. The van der Waals surface area contributed by atoms with E-state index in [0.29, 0.717) is 25.6 Å². The zero-order chi connectivity index (χ0) is 18.8. The van der Waals surface area contributed by atoms with Crippen LogP contribution < -0.4 is 10.6 Å². The van der Waals surface area contributed by atoms with Crippen molar-refractivity contribution in [1.82, 2.24) is 10.6 Å². The Morgan fingerprint density at radius 2 is 1.89 bits per heavy atom. The van der Waals surface area contributed by atoms with Crippen LogP contribution in [-0.2, 0) is 10.2 Å². The van der Waals surface area contributed by atoms with Crippen molar-refractivity contribution in [2.45, 2.75) is 62.9 Å². The van der Waals surface area contributed by atoms with Crippen LogP contribution in [0.4, 0.5) is 0 Å². The Hall–Kier alpha value is -1.39. The van der Waals surface area contributed by atoms with Crippen LogP contribution in [0.5, 0.6) is 0 Å². The molecule has 4 aliphatic rings. The Labute approximate surface area is 162 Å². The summed E-state index contributed by atoms with van der Waals surface area (Å²) in [5.74, 6) is 0.892. The number of nitrogens with one attached hydrogen (secondary N) is 2. The van der Waals surface area contributed by atoms with Crippen molar-refractivity contribution >= 4 is 5.91 Å². The summed E-state index contributed by atoms with van der Waals surface area (Å²) >= 11 is 0. The molecule has 1 aliphatic heterocycles. The van der Waals surface area contributed by atoms with E-state index in [1.165, 1.54) is 24.8 Å². The van der Waals surface area contributed by atoms with E-state index in [-0.39, 0.29) is 22.2 Å². The predicted octanol–water partition coefficient (Wildman–Crippen LogP) is 2.76. The molecule has 3 N–H and O–H groups in total. The number of rotatable bonds is 4. The first-order valence-electron chi connectivity index (χ1n) is 10.6. The number of aliphatic hydroxyl groups is 1. The van der Waals surface area contributed by atoms with Gasteiger partial charge in [-0.15, -0.1) is 0 Å². The average Bonchev–Trinajstić information content (AvgIpc) is 2.63. The van der Waals surface area contributed by atoms with Crippen molar-refractivity contribution in [2.75, 3.05) is 19.6 Å². The van der Waals surface area contributed by atoms with Crippen LogP contribution >= 0.6 is 0 Å². The Kier molecular flexibility index (Phi) is 3.80. The van der Waals surface area contributed by atoms with E-state index in [1.807, 2.05) is 0 Å². The zero-order valence-electron chi connectivity index (χ0n) is 16.4. The molecule has 4 atom stereocenters. The van der Waals surface area contributed by atoms with Crippen LogP contribution in [0, 0.1) is 16.7 Å². The third-order valence-electron chi connectivity index (χ3n) is 8.33. The van der Waals surface area contributed by atoms with Crippen molar-refractivity contribution in [1.29, 1.82) is 0 Å². The van der Waals surface area contributed by atoms with Crippen LogP contribution in [0.2, 0.25) is 0 Å². The average molecular weight is 369 g/mol. The van der Waals surface area contributed by atoms with Gasteiger partial charge in [0.2, 0.25) is 5.91 Å². The zero-order valence-corrected chi connectivity index (χ0v) is 16.4. The fourth-order valence-electron chi connectivity index (χ4n) is 7.14. The monoisotopic (exact) mass is 368 g/mol. The van der Waals surface area contributed by atoms with E-state index in [2.05, 4.69) is 47.9 Å². The summed E-state index contributed by atoms with van der Waals surface area (Å²) < 4.78 is 0. The second-order valence-corrected chi connectivity index (χ2v) is 10.4. The quantitative estimate of drug-likeness (QED) is 0.766. The third kappa shape index (κ3) is 2.67. The van der Waals surface area contributed by atoms with Crippen molar-refractivity contribution in [3.05, 3.63) is 35.9 Å². The molecular formula is C23H32N2O2. The van der Waals surface area contributed by atoms with Crippen molar-refractivity contribution < 1.29 is 9.90 Å². The molecule has 4 fully saturated rings. The first-order valence-corrected chi connectivity index (χ1v) is 10.6. The fraction of sp³-hybridized carbons (Fsp3) is 0.696. The molecular weight excluding hydrogens is 336 g/mol. The molecule has 1 amide bonds. The highest BCUT2D eigenvalue weighted by Gasteiger charge is 2.63. The van der Waals surface area contributed by atoms with Gasteiger partial charge in [0.1, 0.15) is 5.60 Å². The van der Waals surface area contributed by atoms with Gasteiger partial charge in [0.25, 0.3) is 0 Å². The van der Waals surface area contributed by atoms with Gasteiger partial charge in [0, 0.05) is 19.6 Å². The molecule has 4 nitrogen and oxygen atoms in total. The van der Waals surface area contributed by atoms with Gasteiger partial charge in [-0.05, 0) is 67.3 Å². The molecule has 4 heteroatoms. The fourth-order valence-corrected chi connectivity index (χ4v) is 7.14. The standard InChI is InChI=1S/C23H32N2O2/c1-20-9-7-18-8-10-21(11-20,19(26)25-16-22(27)14-24-15-22)13-23(18,12-20)17-5-3-2-4-6-17/h2-6,18,24,27H,7-16H2,1H3,(H,25,26). The van der Waals surface area contributed by atoms with E-state index in [4.69, 9.17) is 0 Å². The van der Waals surface area contributed by atoms with E-state index in [9.17, 15) is 9.90 Å². The molecule has 1 aromatic rings. The molecule has 5 rings (SSSR count). The van der Waals surface area contributed by atoms with Gasteiger partial charge >= 0.3 is 0 Å². The number of carbonyl (C=O) groups excluding carboxylic acids is 1. The summed E-state index contributed by atoms with van der Waals surface area (Å²) in [6.45, 7) is 3.94. The van der Waals surface area contributed by atoms with Crippen molar-refractivity contribution in [3.63, 3.8) is 0 Å². The van der Waals surface area contributed by atoms with Crippen LogP contribution in [0.25, 0.3) is 0 Å². The molecule has 3 aliphatic carbocycles. The highest BCUT2D eigenvalue weighted by Crippen LogP contribution is 2.68. The lowest BCUT2D eigenvalue weighted by Crippen LogP contribution is -2.66. The van der Waals surface area contributed by atoms with Gasteiger partial charge in [-0.2, -0.15) is 0 Å².